The summed E-state index contributed by atoms with van der Waals surface area (Å²) in [7, 11) is 3.15. The third-order valence-corrected chi connectivity index (χ3v) is 4.83. The van der Waals surface area contributed by atoms with Gasteiger partial charge >= 0.3 is 0 Å². The van der Waals surface area contributed by atoms with Crippen LogP contribution in [0.1, 0.15) is 23.2 Å². The van der Waals surface area contributed by atoms with Gasteiger partial charge in [-0.1, -0.05) is 18.2 Å². The fourth-order valence-electron chi connectivity index (χ4n) is 3.28. The Labute approximate surface area is 159 Å². The molecule has 1 heterocycles. The van der Waals surface area contributed by atoms with E-state index in [1.807, 2.05) is 30.3 Å². The van der Waals surface area contributed by atoms with E-state index >= 15 is 0 Å². The van der Waals surface area contributed by atoms with Crippen LogP contribution in [-0.2, 0) is 4.79 Å². The number of hydrogen-bond donors (Lipinski definition) is 1. The number of carbonyl (C=O) groups is 2. The summed E-state index contributed by atoms with van der Waals surface area (Å²) in [6.45, 7) is 1.10. The Balaban J connectivity index is 1.58. The average Bonchev–Trinajstić information content (AvgIpc) is 2.73. The lowest BCUT2D eigenvalue weighted by atomic mass is 9.95. The number of anilines is 1. The minimum Gasteiger partial charge on any atom is -0.497 e. The second-order valence-electron chi connectivity index (χ2n) is 6.49. The number of rotatable bonds is 5. The van der Waals surface area contributed by atoms with Crippen LogP contribution in [-0.4, -0.2) is 44.0 Å². The number of nitrogens with one attached hydrogen (secondary N) is 1. The van der Waals surface area contributed by atoms with Crippen LogP contribution in [0.4, 0.5) is 5.69 Å². The van der Waals surface area contributed by atoms with Gasteiger partial charge in [0.05, 0.1) is 19.8 Å². The molecule has 3 rings (SSSR count). The van der Waals surface area contributed by atoms with E-state index in [1.165, 1.54) is 0 Å². The Morgan fingerprint density at radius 2 is 1.74 bits per heavy atom. The summed E-state index contributed by atoms with van der Waals surface area (Å²) < 4.78 is 10.5. The highest BCUT2D eigenvalue weighted by molar-refractivity contribution is 5.97. The molecule has 0 atom stereocenters. The van der Waals surface area contributed by atoms with Gasteiger partial charge in [-0.25, -0.2) is 0 Å². The minimum atomic E-state index is -0.113. The molecule has 1 aliphatic rings. The summed E-state index contributed by atoms with van der Waals surface area (Å²) in [6, 6.07) is 14.5. The molecule has 2 amide bonds. The van der Waals surface area contributed by atoms with Gasteiger partial charge in [0, 0.05) is 30.8 Å². The number of carbonyl (C=O) groups excluding carboxylic acids is 2. The van der Waals surface area contributed by atoms with Crippen molar-refractivity contribution < 1.29 is 19.1 Å². The number of hydrogen-bond acceptors (Lipinski definition) is 4. The normalized spacial score (nSPS) is 14.5. The van der Waals surface area contributed by atoms with Gasteiger partial charge in [0.1, 0.15) is 11.5 Å². The predicted molar refractivity (Wildman–Crippen MR) is 103 cm³/mol. The number of ether oxygens (including phenoxy) is 2. The van der Waals surface area contributed by atoms with Crippen molar-refractivity contribution >= 4 is 17.5 Å². The van der Waals surface area contributed by atoms with Gasteiger partial charge in [0.15, 0.2) is 0 Å². The van der Waals surface area contributed by atoms with Crippen molar-refractivity contribution in [1.29, 1.82) is 0 Å². The van der Waals surface area contributed by atoms with Crippen LogP contribution in [0.25, 0.3) is 0 Å². The number of para-hydroxylation sites is 1. The van der Waals surface area contributed by atoms with Crippen LogP contribution < -0.4 is 14.8 Å². The number of amides is 2. The van der Waals surface area contributed by atoms with E-state index in [4.69, 9.17) is 9.47 Å². The van der Waals surface area contributed by atoms with Crippen LogP contribution in [0.15, 0.2) is 48.5 Å². The van der Waals surface area contributed by atoms with Crippen molar-refractivity contribution in [2.45, 2.75) is 12.8 Å². The summed E-state index contributed by atoms with van der Waals surface area (Å²) in [4.78, 5) is 27.1. The zero-order chi connectivity index (χ0) is 19.2. The highest BCUT2D eigenvalue weighted by atomic mass is 16.5. The molecule has 0 aliphatic carbocycles. The van der Waals surface area contributed by atoms with Crippen LogP contribution in [0.2, 0.25) is 0 Å². The Hall–Kier alpha value is -3.02. The fraction of sp³-hybridized carbons (Fsp3) is 0.333. The lowest BCUT2D eigenvalue weighted by Crippen LogP contribution is -2.41. The second kappa shape index (κ2) is 8.58. The van der Waals surface area contributed by atoms with Gasteiger partial charge < -0.3 is 19.7 Å². The van der Waals surface area contributed by atoms with Crippen molar-refractivity contribution in [3.8, 4) is 11.5 Å². The molecular weight excluding hydrogens is 344 g/mol. The number of methoxy groups -OCH3 is 2. The van der Waals surface area contributed by atoms with Gasteiger partial charge in [-0.3, -0.25) is 9.59 Å². The first kappa shape index (κ1) is 18.8. The summed E-state index contributed by atoms with van der Waals surface area (Å²) >= 11 is 0. The zero-order valence-corrected chi connectivity index (χ0v) is 15.6. The van der Waals surface area contributed by atoms with Gasteiger partial charge in [0.25, 0.3) is 5.91 Å². The zero-order valence-electron chi connectivity index (χ0n) is 15.6. The van der Waals surface area contributed by atoms with E-state index in [9.17, 15) is 9.59 Å². The van der Waals surface area contributed by atoms with E-state index in [0.29, 0.717) is 48.7 Å². The summed E-state index contributed by atoms with van der Waals surface area (Å²) in [6.07, 6.45) is 1.27. The first-order valence-electron chi connectivity index (χ1n) is 8.99. The Bertz CT molecular complexity index is 813. The maximum Gasteiger partial charge on any atom is 0.257 e. The summed E-state index contributed by atoms with van der Waals surface area (Å²) in [5.74, 6) is 1.08. The molecule has 1 fully saturated rings. The maximum atomic E-state index is 12.7. The fourth-order valence-corrected chi connectivity index (χ4v) is 3.28. The lowest BCUT2D eigenvalue weighted by molar-refractivity contribution is -0.121. The Kier molecular flexibility index (Phi) is 5.96. The van der Waals surface area contributed by atoms with Crippen LogP contribution in [0.5, 0.6) is 11.5 Å². The van der Waals surface area contributed by atoms with Gasteiger partial charge in [-0.2, -0.15) is 0 Å². The van der Waals surface area contributed by atoms with Crippen molar-refractivity contribution in [3.63, 3.8) is 0 Å². The van der Waals surface area contributed by atoms with Crippen LogP contribution in [0.3, 0.4) is 0 Å². The summed E-state index contributed by atoms with van der Waals surface area (Å²) in [5.41, 5.74) is 1.27. The topological polar surface area (TPSA) is 67.9 Å². The standard InChI is InChI=1S/C21H24N2O4/c1-26-17-7-5-6-16(14-17)22-20(24)15-10-12-23(13-11-15)21(25)18-8-3-4-9-19(18)27-2/h3-9,14-15H,10-13H2,1-2H3,(H,22,24). The first-order valence-corrected chi connectivity index (χ1v) is 8.99. The predicted octanol–water partition coefficient (Wildman–Crippen LogP) is 3.19. The van der Waals surface area contributed by atoms with Gasteiger partial charge in [-0.05, 0) is 37.1 Å². The quantitative estimate of drug-likeness (QED) is 0.880. The molecule has 27 heavy (non-hydrogen) atoms. The molecule has 1 saturated heterocycles. The largest absolute Gasteiger partial charge is 0.497 e. The molecule has 2 aromatic carbocycles. The third kappa shape index (κ3) is 4.39. The van der Waals surface area contributed by atoms with E-state index < -0.39 is 0 Å². The molecule has 0 bridgehead atoms. The molecule has 0 aromatic heterocycles. The Morgan fingerprint density at radius 1 is 1.00 bits per heavy atom. The average molecular weight is 368 g/mol. The summed E-state index contributed by atoms with van der Waals surface area (Å²) in [5, 5.41) is 2.94. The lowest BCUT2D eigenvalue weighted by Gasteiger charge is -2.31. The van der Waals surface area contributed by atoms with Crippen molar-refractivity contribution in [3.05, 3.63) is 54.1 Å². The number of benzene rings is 2. The molecule has 6 nitrogen and oxygen atoms in total. The number of nitrogens with zero attached hydrogens (tertiary/aromatic N) is 1. The van der Waals surface area contributed by atoms with E-state index in [2.05, 4.69) is 5.32 Å². The molecular formula is C21H24N2O4. The SMILES string of the molecule is COc1cccc(NC(=O)C2CCN(C(=O)c3ccccc3OC)CC2)c1. The molecule has 6 heteroatoms. The molecule has 0 radical (unpaired) electrons. The second-order valence-corrected chi connectivity index (χ2v) is 6.49. The van der Waals surface area contributed by atoms with Crippen LogP contribution >= 0.6 is 0 Å². The molecule has 142 valence electrons. The van der Waals surface area contributed by atoms with Gasteiger partial charge in [-0.15, -0.1) is 0 Å². The smallest absolute Gasteiger partial charge is 0.257 e. The van der Waals surface area contributed by atoms with Gasteiger partial charge in [0.2, 0.25) is 5.91 Å². The Morgan fingerprint density at radius 3 is 2.44 bits per heavy atom. The number of piperidine rings is 1. The van der Waals surface area contributed by atoms with Crippen molar-refractivity contribution in [1.82, 2.24) is 4.90 Å². The molecule has 2 aromatic rings. The molecule has 1 N–H and O–H groups in total. The minimum absolute atomic E-state index is 0.0207. The van der Waals surface area contributed by atoms with Crippen molar-refractivity contribution in [2.75, 3.05) is 32.6 Å². The molecule has 0 unspecified atom stereocenters. The number of likely N-dealkylation sites (tertiary alicyclic amines) is 1. The van der Waals surface area contributed by atoms with E-state index in [-0.39, 0.29) is 17.7 Å². The van der Waals surface area contributed by atoms with Crippen molar-refractivity contribution in [2.24, 2.45) is 5.92 Å². The molecule has 0 saturated carbocycles. The highest BCUT2D eigenvalue weighted by Crippen LogP contribution is 2.25. The first-order chi connectivity index (χ1) is 13.1. The van der Waals surface area contributed by atoms with Crippen LogP contribution in [0, 0.1) is 5.92 Å². The molecule has 1 aliphatic heterocycles. The van der Waals surface area contributed by atoms with E-state index in [1.54, 1.807) is 37.3 Å². The third-order valence-electron chi connectivity index (χ3n) is 4.83. The van der Waals surface area contributed by atoms with E-state index in [0.717, 1.165) is 0 Å². The highest BCUT2D eigenvalue weighted by Gasteiger charge is 2.28. The maximum absolute atomic E-state index is 12.7. The monoisotopic (exact) mass is 368 g/mol. The molecule has 0 spiro atoms.